The second-order valence-corrected chi connectivity index (χ2v) is 3.81. The van der Waals surface area contributed by atoms with Crippen molar-refractivity contribution >= 4 is 32.7 Å². The van der Waals surface area contributed by atoms with Gasteiger partial charge in [0, 0.05) is 9.86 Å². The van der Waals surface area contributed by atoms with Gasteiger partial charge in [0.05, 0.1) is 5.52 Å². The first kappa shape index (κ1) is 9.15. The smallest absolute Gasteiger partial charge is 0.267 e. The van der Waals surface area contributed by atoms with E-state index in [-0.39, 0.29) is 5.69 Å². The van der Waals surface area contributed by atoms with Gasteiger partial charge in [0.15, 0.2) is 0 Å². The molecule has 0 aliphatic heterocycles. The molecule has 0 spiro atoms. The summed E-state index contributed by atoms with van der Waals surface area (Å²) < 4.78 is 0.930. The zero-order valence-electron chi connectivity index (χ0n) is 7.20. The highest BCUT2D eigenvalue weighted by Gasteiger charge is 2.03. The fraction of sp³-hybridized carbons (Fsp3) is 0. The molecule has 0 fully saturated rings. The lowest BCUT2D eigenvalue weighted by atomic mass is 10.2. The first-order valence-electron chi connectivity index (χ1n) is 4.03. The number of fused-ring (bicyclic) bond motifs is 1. The quantitative estimate of drug-likeness (QED) is 0.843. The molecule has 3 nitrogen and oxygen atoms in total. The molecule has 2 rings (SSSR count). The van der Waals surface area contributed by atoms with Crippen LogP contribution in [0.1, 0.15) is 10.5 Å². The Morgan fingerprint density at radius 1 is 1.29 bits per heavy atom. The lowest BCUT2D eigenvalue weighted by molar-refractivity contribution is 0.0996. The average Bonchev–Trinajstić information content (AvgIpc) is 2.16. The summed E-state index contributed by atoms with van der Waals surface area (Å²) in [5.41, 5.74) is 6.18. The SMILES string of the molecule is NC(=O)c1ccc2ccc(Br)cc2n1. The number of nitrogens with two attached hydrogens (primary N) is 1. The van der Waals surface area contributed by atoms with E-state index in [1.54, 1.807) is 6.07 Å². The largest absolute Gasteiger partial charge is 0.364 e. The minimum Gasteiger partial charge on any atom is -0.364 e. The summed E-state index contributed by atoms with van der Waals surface area (Å²) in [6.45, 7) is 0. The number of benzene rings is 1. The van der Waals surface area contributed by atoms with Crippen molar-refractivity contribution in [3.63, 3.8) is 0 Å². The topological polar surface area (TPSA) is 56.0 Å². The first-order chi connectivity index (χ1) is 6.66. The normalized spacial score (nSPS) is 10.4. The Morgan fingerprint density at radius 2 is 2.00 bits per heavy atom. The van der Waals surface area contributed by atoms with Gasteiger partial charge in [-0.25, -0.2) is 4.98 Å². The van der Waals surface area contributed by atoms with Crippen LogP contribution in [0.3, 0.4) is 0 Å². The highest BCUT2D eigenvalue weighted by Crippen LogP contribution is 2.18. The summed E-state index contributed by atoms with van der Waals surface area (Å²) in [5, 5.41) is 0.984. The predicted molar refractivity (Wildman–Crippen MR) is 58.0 cm³/mol. The molecule has 2 aromatic rings. The van der Waals surface area contributed by atoms with Crippen LogP contribution in [-0.2, 0) is 0 Å². The van der Waals surface area contributed by atoms with Crippen LogP contribution in [-0.4, -0.2) is 10.9 Å². The number of carbonyl (C=O) groups is 1. The van der Waals surface area contributed by atoms with E-state index >= 15 is 0 Å². The number of hydrogen-bond acceptors (Lipinski definition) is 2. The zero-order valence-corrected chi connectivity index (χ0v) is 8.78. The maximum absolute atomic E-state index is 10.9. The van der Waals surface area contributed by atoms with Gasteiger partial charge in [-0.15, -0.1) is 0 Å². The third kappa shape index (κ3) is 1.61. The molecule has 0 saturated heterocycles. The van der Waals surface area contributed by atoms with Crippen LogP contribution < -0.4 is 5.73 Å². The highest BCUT2D eigenvalue weighted by molar-refractivity contribution is 9.10. The molecule has 14 heavy (non-hydrogen) atoms. The van der Waals surface area contributed by atoms with Crippen molar-refractivity contribution < 1.29 is 4.79 Å². The molecule has 1 amide bonds. The summed E-state index contributed by atoms with van der Waals surface area (Å²) in [7, 11) is 0. The van der Waals surface area contributed by atoms with Gasteiger partial charge in [-0.05, 0) is 18.2 Å². The van der Waals surface area contributed by atoms with Gasteiger partial charge in [-0.2, -0.15) is 0 Å². The van der Waals surface area contributed by atoms with Crippen LogP contribution in [0.15, 0.2) is 34.8 Å². The van der Waals surface area contributed by atoms with Gasteiger partial charge in [-0.1, -0.05) is 28.1 Å². The molecule has 0 atom stereocenters. The second kappa shape index (κ2) is 3.38. The van der Waals surface area contributed by atoms with E-state index < -0.39 is 5.91 Å². The summed E-state index contributed by atoms with van der Waals surface area (Å²) in [6.07, 6.45) is 0. The maximum atomic E-state index is 10.9. The Bertz CT molecular complexity index is 510. The molecule has 1 heterocycles. The van der Waals surface area contributed by atoms with Crippen molar-refractivity contribution in [3.8, 4) is 0 Å². The second-order valence-electron chi connectivity index (χ2n) is 2.90. The molecular weight excluding hydrogens is 244 g/mol. The van der Waals surface area contributed by atoms with E-state index in [2.05, 4.69) is 20.9 Å². The lowest BCUT2D eigenvalue weighted by Crippen LogP contribution is -2.12. The molecule has 4 heteroatoms. The van der Waals surface area contributed by atoms with Crippen molar-refractivity contribution in [2.45, 2.75) is 0 Å². The average molecular weight is 251 g/mol. The monoisotopic (exact) mass is 250 g/mol. The molecule has 0 saturated carbocycles. The molecule has 0 bridgehead atoms. The molecular formula is C10H7BrN2O. The van der Waals surface area contributed by atoms with Gasteiger partial charge >= 0.3 is 0 Å². The van der Waals surface area contributed by atoms with Gasteiger partial charge in [-0.3, -0.25) is 4.79 Å². The fourth-order valence-electron chi connectivity index (χ4n) is 1.23. The zero-order chi connectivity index (χ0) is 10.1. The fourth-order valence-corrected chi connectivity index (χ4v) is 1.58. The standard InChI is InChI=1S/C10H7BrN2O/c11-7-3-1-6-2-4-8(10(12)14)13-9(6)5-7/h1-5H,(H2,12,14). The van der Waals surface area contributed by atoms with Crippen LogP contribution in [0.25, 0.3) is 10.9 Å². The predicted octanol–water partition coefficient (Wildman–Crippen LogP) is 2.10. The van der Waals surface area contributed by atoms with Gasteiger partial charge in [0.25, 0.3) is 5.91 Å². The van der Waals surface area contributed by atoms with Gasteiger partial charge in [0.2, 0.25) is 0 Å². The number of hydrogen-bond donors (Lipinski definition) is 1. The van der Waals surface area contributed by atoms with Crippen LogP contribution in [0.5, 0.6) is 0 Å². The number of aromatic nitrogens is 1. The molecule has 0 aliphatic carbocycles. The molecule has 1 aromatic heterocycles. The Labute approximate surface area is 89.1 Å². The van der Waals surface area contributed by atoms with Crippen molar-refractivity contribution in [2.24, 2.45) is 5.73 Å². The molecule has 70 valence electrons. The Kier molecular flexibility index (Phi) is 2.21. The molecule has 0 aliphatic rings. The van der Waals surface area contributed by atoms with E-state index in [0.29, 0.717) is 0 Å². The minimum atomic E-state index is -0.508. The van der Waals surface area contributed by atoms with Crippen molar-refractivity contribution in [1.82, 2.24) is 4.98 Å². The highest BCUT2D eigenvalue weighted by atomic mass is 79.9. The Balaban J connectivity index is 2.69. The number of primary amides is 1. The van der Waals surface area contributed by atoms with Gasteiger partial charge in [0.1, 0.15) is 5.69 Å². The van der Waals surface area contributed by atoms with E-state index in [9.17, 15) is 4.79 Å². The van der Waals surface area contributed by atoms with Crippen LogP contribution in [0, 0.1) is 0 Å². The van der Waals surface area contributed by atoms with E-state index in [1.807, 2.05) is 24.3 Å². The summed E-state index contributed by atoms with van der Waals surface area (Å²) in [4.78, 5) is 15.0. The van der Waals surface area contributed by atoms with Crippen molar-refractivity contribution in [3.05, 3.63) is 40.5 Å². The summed E-state index contributed by atoms with van der Waals surface area (Å²) >= 11 is 3.34. The molecule has 1 aromatic carbocycles. The Hall–Kier alpha value is -1.42. The van der Waals surface area contributed by atoms with E-state index in [4.69, 9.17) is 5.73 Å². The van der Waals surface area contributed by atoms with Gasteiger partial charge < -0.3 is 5.73 Å². The number of rotatable bonds is 1. The lowest BCUT2D eigenvalue weighted by Gasteiger charge is -1.99. The molecule has 2 N–H and O–H groups in total. The third-order valence-electron chi connectivity index (χ3n) is 1.91. The third-order valence-corrected chi connectivity index (χ3v) is 2.40. The number of carbonyl (C=O) groups excluding carboxylic acids is 1. The maximum Gasteiger partial charge on any atom is 0.267 e. The first-order valence-corrected chi connectivity index (χ1v) is 4.82. The van der Waals surface area contributed by atoms with E-state index in [1.165, 1.54) is 0 Å². The summed E-state index contributed by atoms with van der Waals surface area (Å²) in [5.74, 6) is -0.508. The van der Waals surface area contributed by atoms with E-state index in [0.717, 1.165) is 15.4 Å². The van der Waals surface area contributed by atoms with Crippen molar-refractivity contribution in [2.75, 3.05) is 0 Å². The van der Waals surface area contributed by atoms with Crippen molar-refractivity contribution in [1.29, 1.82) is 0 Å². The molecule has 0 radical (unpaired) electrons. The Morgan fingerprint density at radius 3 is 2.71 bits per heavy atom. The number of nitrogens with zero attached hydrogens (tertiary/aromatic N) is 1. The molecule has 0 unspecified atom stereocenters. The van der Waals surface area contributed by atoms with Crippen LogP contribution in [0.2, 0.25) is 0 Å². The number of amides is 1. The number of pyridine rings is 1. The minimum absolute atomic E-state index is 0.288. The van der Waals surface area contributed by atoms with Crippen LogP contribution >= 0.6 is 15.9 Å². The number of halogens is 1. The summed E-state index contributed by atoms with van der Waals surface area (Å²) in [6, 6.07) is 9.15. The van der Waals surface area contributed by atoms with Crippen LogP contribution in [0.4, 0.5) is 0 Å².